The number of hydrogen-bond acceptors (Lipinski definition) is 2. The van der Waals surface area contributed by atoms with Crippen molar-refractivity contribution in [2.45, 2.75) is 18.8 Å². The number of rotatable bonds is 1. The molecule has 2 nitrogen and oxygen atoms in total. The van der Waals surface area contributed by atoms with Gasteiger partial charge in [0.1, 0.15) is 5.76 Å². The highest BCUT2D eigenvalue weighted by atomic mass is 16.3. The summed E-state index contributed by atoms with van der Waals surface area (Å²) in [5.41, 5.74) is 1.62. The number of Topliss-reactive ketones (excluding diaryl/α,β-unsaturated/α-hetero) is 1. The molecule has 0 aliphatic heterocycles. The third-order valence-corrected chi connectivity index (χ3v) is 3.40. The van der Waals surface area contributed by atoms with Crippen LogP contribution in [0.4, 0.5) is 0 Å². The van der Waals surface area contributed by atoms with Crippen LogP contribution < -0.4 is 0 Å². The monoisotopic (exact) mass is 212 g/mol. The van der Waals surface area contributed by atoms with Crippen LogP contribution in [0.2, 0.25) is 0 Å². The summed E-state index contributed by atoms with van der Waals surface area (Å²) in [5, 5.41) is 0. The molecule has 1 aliphatic carbocycles. The average molecular weight is 212 g/mol. The van der Waals surface area contributed by atoms with Gasteiger partial charge >= 0.3 is 0 Å². The molecule has 1 aromatic heterocycles. The van der Waals surface area contributed by atoms with Crippen molar-refractivity contribution < 1.29 is 9.21 Å². The van der Waals surface area contributed by atoms with Crippen LogP contribution >= 0.6 is 0 Å². The molecule has 16 heavy (non-hydrogen) atoms. The highest BCUT2D eigenvalue weighted by Gasteiger charge is 2.42. The zero-order chi connectivity index (χ0) is 11.2. The van der Waals surface area contributed by atoms with Crippen molar-refractivity contribution in [2.75, 3.05) is 0 Å². The van der Waals surface area contributed by atoms with Gasteiger partial charge in [0.05, 0.1) is 11.7 Å². The summed E-state index contributed by atoms with van der Waals surface area (Å²) in [6, 6.07) is 11.6. The van der Waals surface area contributed by atoms with Gasteiger partial charge in [-0.1, -0.05) is 24.3 Å². The average Bonchev–Trinajstić information content (AvgIpc) is 2.89. The van der Waals surface area contributed by atoms with Crippen molar-refractivity contribution in [2.24, 2.45) is 0 Å². The second-order valence-electron chi connectivity index (χ2n) is 4.45. The molecule has 1 unspecified atom stereocenters. The number of benzene rings is 1. The molecule has 0 amide bonds. The van der Waals surface area contributed by atoms with Crippen molar-refractivity contribution in [1.29, 1.82) is 0 Å². The van der Waals surface area contributed by atoms with Crippen LogP contribution in [-0.4, -0.2) is 5.78 Å². The minimum atomic E-state index is -0.294. The van der Waals surface area contributed by atoms with E-state index in [1.54, 1.807) is 6.26 Å². The molecule has 1 aliphatic rings. The number of carbonyl (C=O) groups is 1. The molecule has 80 valence electrons. The van der Waals surface area contributed by atoms with Crippen LogP contribution in [0.15, 0.2) is 47.1 Å². The predicted molar refractivity (Wildman–Crippen MR) is 60.6 cm³/mol. The molecule has 1 atom stereocenters. The second-order valence-corrected chi connectivity index (χ2v) is 4.45. The first-order valence-corrected chi connectivity index (χ1v) is 5.38. The van der Waals surface area contributed by atoms with Gasteiger partial charge in [0.15, 0.2) is 5.78 Å². The molecule has 0 N–H and O–H groups in total. The maximum atomic E-state index is 11.9. The molecule has 1 heterocycles. The predicted octanol–water partition coefficient (Wildman–Crippen LogP) is 3.17. The van der Waals surface area contributed by atoms with E-state index in [0.29, 0.717) is 6.42 Å². The lowest BCUT2D eigenvalue weighted by atomic mass is 9.82. The van der Waals surface area contributed by atoms with E-state index in [1.807, 2.05) is 36.4 Å². The minimum Gasteiger partial charge on any atom is -0.468 e. The van der Waals surface area contributed by atoms with Crippen molar-refractivity contribution >= 4 is 5.78 Å². The van der Waals surface area contributed by atoms with E-state index < -0.39 is 0 Å². The second kappa shape index (κ2) is 3.08. The van der Waals surface area contributed by atoms with E-state index in [4.69, 9.17) is 4.42 Å². The van der Waals surface area contributed by atoms with Crippen LogP contribution in [0, 0.1) is 0 Å². The van der Waals surface area contributed by atoms with Gasteiger partial charge in [-0.15, -0.1) is 0 Å². The Bertz CT molecular complexity index is 540. The van der Waals surface area contributed by atoms with Gasteiger partial charge in [0, 0.05) is 12.0 Å². The van der Waals surface area contributed by atoms with Crippen molar-refractivity contribution in [3.63, 3.8) is 0 Å². The van der Waals surface area contributed by atoms with Gasteiger partial charge in [-0.3, -0.25) is 4.79 Å². The van der Waals surface area contributed by atoms with Crippen LogP contribution in [-0.2, 0) is 5.41 Å². The summed E-state index contributed by atoms with van der Waals surface area (Å²) >= 11 is 0. The fourth-order valence-electron chi connectivity index (χ4n) is 2.53. The number of carbonyl (C=O) groups excluding carboxylic acids is 1. The van der Waals surface area contributed by atoms with E-state index in [0.717, 1.165) is 16.9 Å². The molecule has 0 radical (unpaired) electrons. The molecular weight excluding hydrogens is 200 g/mol. The van der Waals surface area contributed by atoms with E-state index in [2.05, 4.69) is 6.92 Å². The Morgan fingerprint density at radius 1 is 1.19 bits per heavy atom. The van der Waals surface area contributed by atoms with E-state index in [9.17, 15) is 4.79 Å². The molecule has 3 rings (SSSR count). The molecule has 2 heteroatoms. The number of furan rings is 1. The van der Waals surface area contributed by atoms with Crippen LogP contribution in [0.1, 0.15) is 35.0 Å². The Morgan fingerprint density at radius 3 is 2.75 bits per heavy atom. The van der Waals surface area contributed by atoms with Gasteiger partial charge in [-0.2, -0.15) is 0 Å². The summed E-state index contributed by atoms with van der Waals surface area (Å²) in [4.78, 5) is 11.9. The standard InChI is InChI=1S/C14H12O2/c1-14(13-7-4-8-16-13)9-12(15)10-5-2-3-6-11(10)14/h2-8H,9H2,1H3. The highest BCUT2D eigenvalue weighted by molar-refractivity contribution is 6.02. The summed E-state index contributed by atoms with van der Waals surface area (Å²) < 4.78 is 5.47. The fourth-order valence-corrected chi connectivity index (χ4v) is 2.53. The first kappa shape index (κ1) is 9.40. The van der Waals surface area contributed by atoms with Gasteiger partial charge < -0.3 is 4.42 Å². The van der Waals surface area contributed by atoms with Crippen LogP contribution in [0.25, 0.3) is 0 Å². The molecule has 0 bridgehead atoms. The molecule has 0 saturated carbocycles. The van der Waals surface area contributed by atoms with Gasteiger partial charge in [-0.05, 0) is 24.6 Å². The summed E-state index contributed by atoms with van der Waals surface area (Å²) in [7, 11) is 0. The fraction of sp³-hybridized carbons (Fsp3) is 0.214. The Balaban J connectivity index is 2.23. The van der Waals surface area contributed by atoms with E-state index >= 15 is 0 Å². The maximum absolute atomic E-state index is 11.9. The summed E-state index contributed by atoms with van der Waals surface area (Å²) in [6.07, 6.45) is 2.16. The topological polar surface area (TPSA) is 30.2 Å². The quantitative estimate of drug-likeness (QED) is 0.726. The summed E-state index contributed by atoms with van der Waals surface area (Å²) in [6.45, 7) is 2.07. The van der Waals surface area contributed by atoms with E-state index in [-0.39, 0.29) is 11.2 Å². The maximum Gasteiger partial charge on any atom is 0.164 e. The molecule has 0 spiro atoms. The van der Waals surface area contributed by atoms with Crippen molar-refractivity contribution in [1.82, 2.24) is 0 Å². The van der Waals surface area contributed by atoms with Crippen molar-refractivity contribution in [3.05, 3.63) is 59.5 Å². The smallest absolute Gasteiger partial charge is 0.164 e. The van der Waals surface area contributed by atoms with Crippen LogP contribution in [0.3, 0.4) is 0 Å². The molecule has 0 saturated heterocycles. The molecule has 2 aromatic rings. The van der Waals surface area contributed by atoms with Gasteiger partial charge in [0.2, 0.25) is 0 Å². The largest absolute Gasteiger partial charge is 0.468 e. The zero-order valence-corrected chi connectivity index (χ0v) is 9.07. The van der Waals surface area contributed by atoms with Crippen LogP contribution in [0.5, 0.6) is 0 Å². The molecule has 1 aromatic carbocycles. The third-order valence-electron chi connectivity index (χ3n) is 3.40. The number of ketones is 1. The molecular formula is C14H12O2. The Kier molecular flexibility index (Phi) is 1.81. The third kappa shape index (κ3) is 1.10. The van der Waals surface area contributed by atoms with Crippen molar-refractivity contribution in [3.8, 4) is 0 Å². The first-order chi connectivity index (χ1) is 7.72. The number of fused-ring (bicyclic) bond motifs is 1. The highest BCUT2D eigenvalue weighted by Crippen LogP contribution is 2.43. The SMILES string of the molecule is CC1(c2ccco2)CC(=O)c2ccccc21. The van der Waals surface area contributed by atoms with E-state index in [1.165, 1.54) is 0 Å². The van der Waals surface area contributed by atoms with Gasteiger partial charge in [0.25, 0.3) is 0 Å². The lowest BCUT2D eigenvalue weighted by Crippen LogP contribution is -2.19. The zero-order valence-electron chi connectivity index (χ0n) is 9.07. The first-order valence-electron chi connectivity index (χ1n) is 5.38. The minimum absolute atomic E-state index is 0.203. The molecule has 0 fully saturated rings. The normalized spacial score (nSPS) is 23.4. The lowest BCUT2D eigenvalue weighted by Gasteiger charge is -2.21. The number of hydrogen-bond donors (Lipinski definition) is 0. The lowest BCUT2D eigenvalue weighted by molar-refractivity contribution is 0.0978. The Labute approximate surface area is 93.9 Å². The Hall–Kier alpha value is -1.83. The Morgan fingerprint density at radius 2 is 2.00 bits per heavy atom. The van der Waals surface area contributed by atoms with Gasteiger partial charge in [-0.25, -0.2) is 0 Å². The summed E-state index contributed by atoms with van der Waals surface area (Å²) in [5.74, 6) is 1.07.